The number of amides is 1. The average Bonchev–Trinajstić information content (AvgIpc) is 2.61. The molecular formula is C11H16N2O3S. The molecule has 0 radical (unpaired) electrons. The molecule has 1 aromatic rings. The van der Waals surface area contributed by atoms with Gasteiger partial charge in [0, 0.05) is 16.3 Å². The van der Waals surface area contributed by atoms with E-state index in [9.17, 15) is 9.59 Å². The maximum absolute atomic E-state index is 11.1. The van der Waals surface area contributed by atoms with Gasteiger partial charge in [-0.1, -0.05) is 0 Å². The fraction of sp³-hybridized carbons (Fsp3) is 0.455. The third kappa shape index (κ3) is 4.16. The lowest BCUT2D eigenvalue weighted by Gasteiger charge is -2.21. The average molecular weight is 256 g/mol. The first-order valence-electron chi connectivity index (χ1n) is 5.15. The topological polar surface area (TPSA) is 92.4 Å². The molecule has 17 heavy (non-hydrogen) atoms. The van der Waals surface area contributed by atoms with Crippen molar-refractivity contribution in [2.45, 2.75) is 32.4 Å². The van der Waals surface area contributed by atoms with Crippen molar-refractivity contribution in [1.82, 2.24) is 5.32 Å². The number of carboxylic acids is 1. The highest BCUT2D eigenvalue weighted by Gasteiger charge is 2.23. The van der Waals surface area contributed by atoms with E-state index >= 15 is 0 Å². The second-order valence-corrected chi connectivity index (χ2v) is 5.53. The van der Waals surface area contributed by atoms with Gasteiger partial charge in [-0.3, -0.25) is 14.9 Å². The van der Waals surface area contributed by atoms with Crippen molar-refractivity contribution in [3.63, 3.8) is 0 Å². The van der Waals surface area contributed by atoms with Crippen LogP contribution >= 0.6 is 11.3 Å². The fourth-order valence-electron chi connectivity index (χ4n) is 1.16. The molecule has 1 rings (SSSR count). The van der Waals surface area contributed by atoms with Gasteiger partial charge < -0.3 is 10.8 Å². The lowest BCUT2D eigenvalue weighted by molar-refractivity contribution is -0.136. The van der Waals surface area contributed by atoms with Gasteiger partial charge in [-0.25, -0.2) is 0 Å². The van der Waals surface area contributed by atoms with Crippen molar-refractivity contribution in [2.75, 3.05) is 0 Å². The van der Waals surface area contributed by atoms with Gasteiger partial charge >= 0.3 is 5.97 Å². The molecule has 1 aromatic heterocycles. The van der Waals surface area contributed by atoms with Gasteiger partial charge in [0.15, 0.2) is 0 Å². The van der Waals surface area contributed by atoms with Crippen LogP contribution in [0.2, 0.25) is 0 Å². The molecule has 0 bridgehead atoms. The first-order chi connectivity index (χ1) is 7.81. The summed E-state index contributed by atoms with van der Waals surface area (Å²) < 4.78 is 0. The quantitative estimate of drug-likeness (QED) is 0.699. The van der Waals surface area contributed by atoms with Crippen LogP contribution in [-0.4, -0.2) is 22.5 Å². The molecule has 5 nitrogen and oxygen atoms in total. The van der Waals surface area contributed by atoms with E-state index < -0.39 is 17.4 Å². The Morgan fingerprint density at radius 1 is 1.41 bits per heavy atom. The molecule has 0 saturated carbocycles. The summed E-state index contributed by atoms with van der Waals surface area (Å²) in [6.07, 6.45) is 0.0316. The van der Waals surface area contributed by atoms with Gasteiger partial charge in [0.2, 0.25) is 5.91 Å². The molecule has 0 fully saturated rings. The van der Waals surface area contributed by atoms with Crippen LogP contribution in [0.3, 0.4) is 0 Å². The summed E-state index contributed by atoms with van der Waals surface area (Å²) in [5.74, 6) is -1.26. The van der Waals surface area contributed by atoms with Crippen molar-refractivity contribution < 1.29 is 14.7 Å². The van der Waals surface area contributed by atoms with Crippen LogP contribution in [0.25, 0.3) is 0 Å². The molecule has 94 valence electrons. The zero-order valence-corrected chi connectivity index (χ0v) is 10.6. The molecule has 1 amide bonds. The second kappa shape index (κ2) is 5.29. The molecule has 6 heteroatoms. The van der Waals surface area contributed by atoms with Crippen molar-refractivity contribution in [2.24, 2.45) is 5.73 Å². The largest absolute Gasteiger partial charge is 0.481 e. The van der Waals surface area contributed by atoms with Crippen molar-refractivity contribution in [1.29, 1.82) is 0 Å². The summed E-state index contributed by atoms with van der Waals surface area (Å²) in [6.45, 7) is 3.92. The van der Waals surface area contributed by atoms with Crippen molar-refractivity contribution in [3.05, 3.63) is 21.9 Å². The third-order valence-corrected chi connectivity index (χ3v) is 3.45. The number of thiophene rings is 1. The molecule has 0 atom stereocenters. The number of primary amides is 1. The number of nitrogens with one attached hydrogen (secondary N) is 1. The third-order valence-electron chi connectivity index (χ3n) is 2.36. The number of carboxylic acid groups (broad SMARTS) is 1. The summed E-state index contributed by atoms with van der Waals surface area (Å²) in [4.78, 5) is 23.4. The Kier molecular flexibility index (Phi) is 4.25. The van der Waals surface area contributed by atoms with E-state index in [1.165, 1.54) is 11.3 Å². The highest BCUT2D eigenvalue weighted by atomic mass is 32.1. The molecule has 0 aliphatic rings. The van der Waals surface area contributed by atoms with Gasteiger partial charge in [-0.05, 0) is 26.0 Å². The molecule has 0 aliphatic carbocycles. The van der Waals surface area contributed by atoms with Crippen LogP contribution in [-0.2, 0) is 22.6 Å². The normalized spacial score (nSPS) is 11.4. The van der Waals surface area contributed by atoms with Crippen LogP contribution in [0.5, 0.6) is 0 Å². The van der Waals surface area contributed by atoms with Crippen LogP contribution < -0.4 is 11.1 Å². The Labute approximate surface area is 104 Å². The Morgan fingerprint density at radius 2 is 2.00 bits per heavy atom. The summed E-state index contributed by atoms with van der Waals surface area (Å²) in [5.41, 5.74) is 4.46. The lowest BCUT2D eigenvalue weighted by atomic mass is 10.1. The van der Waals surface area contributed by atoms with Gasteiger partial charge in [-0.15, -0.1) is 11.3 Å². The number of nitrogens with two attached hydrogens (primary N) is 1. The SMILES string of the molecule is CC(C)(NCc1ccc(CC(=O)O)s1)C(N)=O. The van der Waals surface area contributed by atoms with E-state index in [4.69, 9.17) is 10.8 Å². The highest BCUT2D eigenvalue weighted by molar-refractivity contribution is 7.12. The molecule has 0 spiro atoms. The van der Waals surface area contributed by atoms with E-state index in [0.717, 1.165) is 9.75 Å². The second-order valence-electron chi connectivity index (χ2n) is 4.28. The lowest BCUT2D eigenvalue weighted by Crippen LogP contribution is -2.50. The van der Waals surface area contributed by atoms with Crippen molar-refractivity contribution in [3.8, 4) is 0 Å². The van der Waals surface area contributed by atoms with E-state index in [0.29, 0.717) is 6.54 Å². The van der Waals surface area contributed by atoms with Crippen LogP contribution in [0.4, 0.5) is 0 Å². The Morgan fingerprint density at radius 3 is 2.53 bits per heavy atom. The molecule has 0 aliphatic heterocycles. The number of aliphatic carboxylic acids is 1. The first kappa shape index (κ1) is 13.7. The fourth-order valence-corrected chi connectivity index (χ4v) is 2.11. The van der Waals surface area contributed by atoms with Crippen LogP contribution in [0.15, 0.2) is 12.1 Å². The number of hydrogen-bond acceptors (Lipinski definition) is 4. The minimum atomic E-state index is -0.844. The zero-order valence-electron chi connectivity index (χ0n) is 9.82. The number of hydrogen-bond donors (Lipinski definition) is 3. The summed E-state index contributed by atoms with van der Waals surface area (Å²) >= 11 is 1.42. The van der Waals surface area contributed by atoms with E-state index in [-0.39, 0.29) is 6.42 Å². The monoisotopic (exact) mass is 256 g/mol. The molecule has 4 N–H and O–H groups in total. The molecular weight excluding hydrogens is 240 g/mol. The first-order valence-corrected chi connectivity index (χ1v) is 5.97. The minimum Gasteiger partial charge on any atom is -0.481 e. The number of carbonyl (C=O) groups excluding carboxylic acids is 1. The smallest absolute Gasteiger partial charge is 0.308 e. The van der Waals surface area contributed by atoms with E-state index in [1.54, 1.807) is 19.9 Å². The minimum absolute atomic E-state index is 0.0316. The molecule has 0 aromatic carbocycles. The van der Waals surface area contributed by atoms with Gasteiger partial charge in [-0.2, -0.15) is 0 Å². The van der Waals surface area contributed by atoms with E-state index in [1.807, 2.05) is 6.07 Å². The summed E-state index contributed by atoms with van der Waals surface area (Å²) in [6, 6.07) is 3.64. The zero-order chi connectivity index (χ0) is 13.1. The van der Waals surface area contributed by atoms with E-state index in [2.05, 4.69) is 5.32 Å². The maximum atomic E-state index is 11.1. The van der Waals surface area contributed by atoms with Gasteiger partial charge in [0.25, 0.3) is 0 Å². The van der Waals surface area contributed by atoms with Gasteiger partial charge in [0.05, 0.1) is 12.0 Å². The molecule has 0 saturated heterocycles. The predicted molar refractivity (Wildman–Crippen MR) is 65.8 cm³/mol. The maximum Gasteiger partial charge on any atom is 0.308 e. The van der Waals surface area contributed by atoms with Crippen LogP contribution in [0, 0.1) is 0 Å². The number of rotatable bonds is 6. The van der Waals surface area contributed by atoms with Crippen LogP contribution in [0.1, 0.15) is 23.6 Å². The number of carbonyl (C=O) groups is 2. The summed E-state index contributed by atoms with van der Waals surface area (Å²) in [7, 11) is 0. The predicted octanol–water partition coefficient (Wildman–Crippen LogP) is 0.729. The standard InChI is InChI=1S/C11H16N2O3S/c1-11(2,10(12)16)13-6-8-4-3-7(17-8)5-9(14)15/h3-4,13H,5-6H2,1-2H3,(H2,12,16)(H,14,15). The van der Waals surface area contributed by atoms with Gasteiger partial charge in [0.1, 0.15) is 0 Å². The molecule has 0 unspecified atom stereocenters. The molecule has 1 heterocycles. The Hall–Kier alpha value is -1.40. The van der Waals surface area contributed by atoms with Crippen molar-refractivity contribution >= 4 is 23.2 Å². The Balaban J connectivity index is 2.56. The highest BCUT2D eigenvalue weighted by Crippen LogP contribution is 2.17. The summed E-state index contributed by atoms with van der Waals surface area (Å²) in [5, 5.41) is 11.7. The Bertz CT molecular complexity index is 426.